The molecule has 11 heteroatoms. The van der Waals surface area contributed by atoms with Gasteiger partial charge in [-0.05, 0) is 58.2 Å². The van der Waals surface area contributed by atoms with Gasteiger partial charge in [0, 0.05) is 23.5 Å². The van der Waals surface area contributed by atoms with Crippen LogP contribution >= 0.6 is 11.3 Å². The second kappa shape index (κ2) is 8.84. The summed E-state index contributed by atoms with van der Waals surface area (Å²) in [6.45, 7) is 5.98. The van der Waals surface area contributed by atoms with Gasteiger partial charge in [-0.2, -0.15) is 0 Å². The van der Waals surface area contributed by atoms with Crippen LogP contribution < -0.4 is 15.6 Å². The summed E-state index contributed by atoms with van der Waals surface area (Å²) in [7, 11) is 0. The normalized spacial score (nSPS) is 16.4. The second-order valence-corrected chi connectivity index (χ2v) is 11.3. The highest BCUT2D eigenvalue weighted by atomic mass is 32.1. The molecule has 1 fully saturated rings. The van der Waals surface area contributed by atoms with Gasteiger partial charge >= 0.3 is 5.97 Å². The van der Waals surface area contributed by atoms with Crippen LogP contribution in [0.25, 0.3) is 25.9 Å². The van der Waals surface area contributed by atoms with Gasteiger partial charge in [0.15, 0.2) is 0 Å². The minimum absolute atomic E-state index is 0.0552. The summed E-state index contributed by atoms with van der Waals surface area (Å²) in [5, 5.41) is 25.3. The monoisotopic (exact) mass is 522 g/mol. The van der Waals surface area contributed by atoms with Crippen molar-refractivity contribution in [3.8, 4) is 0 Å². The minimum Gasteiger partial charge on any atom is -0.477 e. The highest BCUT2D eigenvalue weighted by Gasteiger charge is 2.35. The van der Waals surface area contributed by atoms with E-state index >= 15 is 0 Å². The van der Waals surface area contributed by atoms with Crippen molar-refractivity contribution in [1.82, 2.24) is 9.72 Å². The average Bonchev–Trinajstić information content (AvgIpc) is 3.21. The number of benzene rings is 2. The molecule has 1 amide bonds. The van der Waals surface area contributed by atoms with Crippen LogP contribution in [0.1, 0.15) is 50.4 Å². The molecule has 1 aliphatic rings. The smallest absolute Gasteiger partial charge is 0.342 e. The number of fused-ring (bicyclic) bond motifs is 5. The highest BCUT2D eigenvalue weighted by Crippen LogP contribution is 2.38. The first-order valence-electron chi connectivity index (χ1n) is 12.0. The molecule has 2 N–H and O–H groups in total. The van der Waals surface area contributed by atoms with E-state index in [2.05, 4.69) is 5.32 Å². The summed E-state index contributed by atoms with van der Waals surface area (Å²) in [5.41, 5.74) is -0.778. The molecular weight excluding hydrogens is 496 g/mol. The van der Waals surface area contributed by atoms with Crippen molar-refractivity contribution >= 4 is 60.5 Å². The van der Waals surface area contributed by atoms with Crippen LogP contribution in [0.4, 0.5) is 11.4 Å². The van der Waals surface area contributed by atoms with Gasteiger partial charge in [-0.3, -0.25) is 24.1 Å². The van der Waals surface area contributed by atoms with E-state index in [-0.39, 0.29) is 38.6 Å². The molecule has 192 valence electrons. The number of piperidine rings is 1. The van der Waals surface area contributed by atoms with E-state index in [1.165, 1.54) is 12.1 Å². The number of carbonyl (C=O) groups excluding carboxylic acids is 1. The number of nitro benzene ring substituents is 1. The van der Waals surface area contributed by atoms with Gasteiger partial charge < -0.3 is 15.3 Å². The summed E-state index contributed by atoms with van der Waals surface area (Å²) < 4.78 is 2.36. The molecule has 0 saturated carbocycles. The van der Waals surface area contributed by atoms with E-state index in [4.69, 9.17) is 0 Å². The van der Waals surface area contributed by atoms with Gasteiger partial charge in [-0.15, -0.1) is 11.3 Å². The van der Waals surface area contributed by atoms with Crippen molar-refractivity contribution in [3.63, 3.8) is 0 Å². The zero-order valence-corrected chi connectivity index (χ0v) is 21.4. The number of anilines is 1. The lowest BCUT2D eigenvalue weighted by atomic mass is 9.97. The Morgan fingerprint density at radius 1 is 1.16 bits per heavy atom. The third-order valence-electron chi connectivity index (χ3n) is 6.56. The number of pyridine rings is 1. The minimum atomic E-state index is -1.36. The van der Waals surface area contributed by atoms with Gasteiger partial charge in [-0.25, -0.2) is 4.79 Å². The number of aromatic carboxylic acids is 1. The van der Waals surface area contributed by atoms with Crippen molar-refractivity contribution in [2.24, 2.45) is 0 Å². The van der Waals surface area contributed by atoms with Gasteiger partial charge in [-0.1, -0.05) is 12.1 Å². The van der Waals surface area contributed by atoms with E-state index < -0.39 is 27.9 Å². The summed E-state index contributed by atoms with van der Waals surface area (Å²) in [6.07, 6.45) is 2.01. The van der Waals surface area contributed by atoms with E-state index in [0.717, 1.165) is 28.9 Å². The van der Waals surface area contributed by atoms with Crippen LogP contribution in [-0.4, -0.2) is 44.4 Å². The number of nitrogens with one attached hydrogen (secondary N) is 1. The van der Waals surface area contributed by atoms with Crippen LogP contribution in [0.5, 0.6) is 0 Å². The van der Waals surface area contributed by atoms with E-state index in [9.17, 15) is 29.6 Å². The van der Waals surface area contributed by atoms with Gasteiger partial charge in [0.25, 0.3) is 5.69 Å². The molecule has 0 radical (unpaired) electrons. The van der Waals surface area contributed by atoms with Crippen molar-refractivity contribution in [2.75, 3.05) is 11.4 Å². The molecular formula is C26H26N4O6S. The van der Waals surface area contributed by atoms with Crippen LogP contribution in [0.2, 0.25) is 0 Å². The number of rotatable bonds is 4. The molecule has 1 atom stereocenters. The standard InChI is InChI=1S/C26H26N4O6S/c1-26(2,3)27-23(32)16-9-6-7-11-28(16)18-12-14-17(13-19(18)30(35)36)29-15-8-4-5-10-20(15)37-24(29)21(22(14)31)25(33)34/h4-5,8,10,12-13,16H,6-7,9,11H2,1-3H3,(H,27,32)(H,33,34). The maximum atomic E-state index is 13.5. The Morgan fingerprint density at radius 3 is 2.57 bits per heavy atom. The second-order valence-electron chi connectivity index (χ2n) is 10.3. The number of hydrogen-bond acceptors (Lipinski definition) is 7. The molecule has 5 rings (SSSR count). The zero-order valence-electron chi connectivity index (χ0n) is 20.6. The highest BCUT2D eigenvalue weighted by molar-refractivity contribution is 7.24. The molecule has 1 unspecified atom stereocenters. The summed E-state index contributed by atoms with van der Waals surface area (Å²) in [4.78, 5) is 52.6. The quantitative estimate of drug-likeness (QED) is 0.297. The van der Waals surface area contributed by atoms with Crippen LogP contribution in [0, 0.1) is 10.1 Å². The van der Waals surface area contributed by atoms with Crippen molar-refractivity contribution in [1.29, 1.82) is 0 Å². The molecule has 3 heterocycles. The molecule has 1 saturated heterocycles. The molecule has 10 nitrogen and oxygen atoms in total. The fraction of sp³-hybridized carbons (Fsp3) is 0.346. The first kappa shape index (κ1) is 24.7. The molecule has 0 aliphatic carbocycles. The van der Waals surface area contributed by atoms with Crippen LogP contribution in [0.3, 0.4) is 0 Å². The van der Waals surface area contributed by atoms with E-state index in [0.29, 0.717) is 18.5 Å². The molecule has 2 aromatic carbocycles. The number of carbonyl (C=O) groups is 2. The first-order valence-corrected chi connectivity index (χ1v) is 12.8. The predicted octanol–water partition coefficient (Wildman–Crippen LogP) is 4.55. The molecule has 0 bridgehead atoms. The number of thiazole rings is 1. The number of aromatic nitrogens is 1. The van der Waals surface area contributed by atoms with Crippen molar-refractivity contribution in [3.05, 3.63) is 62.3 Å². The number of carboxylic acid groups (broad SMARTS) is 1. The molecule has 0 spiro atoms. The lowest BCUT2D eigenvalue weighted by molar-refractivity contribution is -0.384. The number of para-hydroxylation sites is 1. The molecule has 2 aromatic heterocycles. The lowest BCUT2D eigenvalue weighted by Crippen LogP contribution is -2.54. The number of nitrogens with zero attached hydrogens (tertiary/aromatic N) is 3. The number of amides is 1. The molecule has 37 heavy (non-hydrogen) atoms. The topological polar surface area (TPSA) is 134 Å². The Morgan fingerprint density at radius 2 is 1.89 bits per heavy atom. The van der Waals surface area contributed by atoms with Crippen molar-refractivity contribution < 1.29 is 19.6 Å². The average molecular weight is 523 g/mol. The number of carboxylic acids is 1. The lowest BCUT2D eigenvalue weighted by Gasteiger charge is -2.37. The Kier molecular flexibility index (Phi) is 5.90. The number of nitro groups is 1. The first-order chi connectivity index (χ1) is 17.5. The predicted molar refractivity (Wildman–Crippen MR) is 143 cm³/mol. The third kappa shape index (κ3) is 4.18. The van der Waals surface area contributed by atoms with E-state index in [1.807, 2.05) is 26.8 Å². The Labute approximate surface area is 215 Å². The van der Waals surface area contributed by atoms with Gasteiger partial charge in [0.05, 0.1) is 20.7 Å². The van der Waals surface area contributed by atoms with Crippen LogP contribution in [-0.2, 0) is 4.79 Å². The fourth-order valence-corrected chi connectivity index (χ4v) is 6.25. The summed E-state index contributed by atoms with van der Waals surface area (Å²) >= 11 is 1.15. The molecule has 1 aliphatic heterocycles. The summed E-state index contributed by atoms with van der Waals surface area (Å²) in [6, 6.07) is 9.25. The van der Waals surface area contributed by atoms with Gasteiger partial charge in [0.1, 0.15) is 22.1 Å². The number of hydrogen-bond donors (Lipinski definition) is 2. The fourth-order valence-electron chi connectivity index (χ4n) is 5.06. The molecule has 4 aromatic rings. The van der Waals surface area contributed by atoms with E-state index in [1.54, 1.807) is 27.5 Å². The Bertz CT molecular complexity index is 1670. The van der Waals surface area contributed by atoms with Crippen LogP contribution in [0.15, 0.2) is 41.2 Å². The van der Waals surface area contributed by atoms with Gasteiger partial charge in [0.2, 0.25) is 11.3 Å². The third-order valence-corrected chi connectivity index (χ3v) is 7.70. The zero-order chi connectivity index (χ0) is 26.6. The Balaban J connectivity index is 1.83. The maximum absolute atomic E-state index is 13.5. The van der Waals surface area contributed by atoms with Crippen molar-refractivity contribution in [2.45, 2.75) is 51.6 Å². The maximum Gasteiger partial charge on any atom is 0.342 e. The SMILES string of the molecule is CC(C)(C)NC(=O)C1CCCCN1c1cc2c(=O)c(C(=O)O)c3sc4ccccc4n3c2cc1[N+](=O)[O-]. The largest absolute Gasteiger partial charge is 0.477 e. The summed E-state index contributed by atoms with van der Waals surface area (Å²) in [5.74, 6) is -1.61. The Hall–Kier alpha value is -3.99.